The number of nitrogens with two attached hydrogens (primary N) is 1. The lowest BCUT2D eigenvalue weighted by molar-refractivity contribution is 0.0842. The average Bonchev–Trinajstić information content (AvgIpc) is 2.18. The molecule has 1 aliphatic carbocycles. The highest BCUT2D eigenvalue weighted by atomic mass is 35.5. The van der Waals surface area contributed by atoms with E-state index in [0.717, 1.165) is 12.8 Å². The lowest BCUT2D eigenvalue weighted by atomic mass is 9.83. The van der Waals surface area contributed by atoms with Gasteiger partial charge < -0.3 is 10.5 Å². The van der Waals surface area contributed by atoms with E-state index in [2.05, 4.69) is 0 Å². The van der Waals surface area contributed by atoms with E-state index >= 15 is 0 Å². The topological polar surface area (TPSA) is 35.2 Å². The Morgan fingerprint density at radius 3 is 2.57 bits per heavy atom. The van der Waals surface area contributed by atoms with Crippen molar-refractivity contribution < 1.29 is 4.74 Å². The van der Waals surface area contributed by atoms with Crippen LogP contribution < -0.4 is 5.73 Å². The van der Waals surface area contributed by atoms with E-state index in [4.69, 9.17) is 33.7 Å². The van der Waals surface area contributed by atoms with E-state index in [-0.39, 0.29) is 5.54 Å². The maximum atomic E-state index is 6.17. The Morgan fingerprint density at radius 2 is 2.00 bits per heavy atom. The lowest BCUT2D eigenvalue weighted by Gasteiger charge is -2.32. The van der Waals surface area contributed by atoms with Gasteiger partial charge in [0.05, 0.1) is 18.2 Å². The third kappa shape index (κ3) is 4.18. The van der Waals surface area contributed by atoms with E-state index in [1.807, 2.05) is 0 Å². The van der Waals surface area contributed by atoms with Gasteiger partial charge in [0.1, 0.15) is 0 Å². The molecule has 0 amide bonds. The van der Waals surface area contributed by atoms with Gasteiger partial charge >= 0.3 is 0 Å². The zero-order chi connectivity index (χ0) is 10.4. The van der Waals surface area contributed by atoms with Crippen molar-refractivity contribution in [3.05, 3.63) is 10.6 Å². The summed E-state index contributed by atoms with van der Waals surface area (Å²) in [5, 5.41) is 0.520. The van der Waals surface area contributed by atoms with Crippen molar-refractivity contribution in [3.63, 3.8) is 0 Å². The largest absolute Gasteiger partial charge is 0.374 e. The molecule has 0 spiro atoms. The van der Waals surface area contributed by atoms with Crippen LogP contribution in [0.1, 0.15) is 32.1 Å². The quantitative estimate of drug-likeness (QED) is 0.817. The highest BCUT2D eigenvalue weighted by molar-refractivity contribution is 6.36. The fraction of sp³-hybridized carbons (Fsp3) is 0.800. The molecule has 0 saturated heterocycles. The molecule has 2 N–H and O–H groups in total. The van der Waals surface area contributed by atoms with Crippen LogP contribution in [0.15, 0.2) is 10.6 Å². The first kappa shape index (κ1) is 12.3. The van der Waals surface area contributed by atoms with Crippen LogP contribution in [-0.2, 0) is 4.74 Å². The minimum atomic E-state index is -0.137. The summed E-state index contributed by atoms with van der Waals surface area (Å²) >= 11 is 11.1. The van der Waals surface area contributed by atoms with Gasteiger partial charge in [-0.05, 0) is 12.8 Å². The number of hydrogen-bond acceptors (Lipinski definition) is 2. The van der Waals surface area contributed by atoms with Crippen LogP contribution in [0, 0.1) is 0 Å². The Bertz CT molecular complexity index is 200. The summed E-state index contributed by atoms with van der Waals surface area (Å²) in [5.41, 5.74) is 7.35. The lowest BCUT2D eigenvalue weighted by Crippen LogP contribution is -2.46. The van der Waals surface area contributed by atoms with Crippen LogP contribution in [0.2, 0.25) is 0 Å². The van der Waals surface area contributed by atoms with Gasteiger partial charge in [-0.15, -0.1) is 0 Å². The molecule has 0 unspecified atom stereocenters. The van der Waals surface area contributed by atoms with Crippen molar-refractivity contribution in [1.29, 1.82) is 0 Å². The van der Waals surface area contributed by atoms with Gasteiger partial charge in [0.25, 0.3) is 0 Å². The van der Waals surface area contributed by atoms with Crippen molar-refractivity contribution in [2.45, 2.75) is 37.6 Å². The van der Waals surface area contributed by atoms with E-state index < -0.39 is 0 Å². The monoisotopic (exact) mass is 237 g/mol. The van der Waals surface area contributed by atoms with Gasteiger partial charge in [-0.1, -0.05) is 42.5 Å². The van der Waals surface area contributed by atoms with Gasteiger partial charge in [-0.25, -0.2) is 0 Å². The molecule has 0 bridgehead atoms. The molecule has 0 heterocycles. The van der Waals surface area contributed by atoms with Gasteiger partial charge in [0.15, 0.2) is 0 Å². The Morgan fingerprint density at radius 1 is 1.36 bits per heavy atom. The molecular weight excluding hydrogens is 221 g/mol. The molecule has 1 aliphatic rings. The third-order valence-electron chi connectivity index (χ3n) is 2.60. The van der Waals surface area contributed by atoms with Crippen molar-refractivity contribution in [2.24, 2.45) is 5.73 Å². The standard InChI is InChI=1S/C10H17Cl2NO/c11-6-9(12)7-14-8-10(13)4-2-1-3-5-10/h6H,1-5,7-8,13H2. The summed E-state index contributed by atoms with van der Waals surface area (Å²) in [5.74, 6) is 0. The molecule has 0 aromatic carbocycles. The summed E-state index contributed by atoms with van der Waals surface area (Å²) in [7, 11) is 0. The number of halogens is 2. The van der Waals surface area contributed by atoms with E-state index in [1.165, 1.54) is 24.8 Å². The molecule has 2 nitrogen and oxygen atoms in total. The molecule has 0 radical (unpaired) electrons. The first-order chi connectivity index (χ1) is 6.66. The first-order valence-electron chi connectivity index (χ1n) is 4.98. The second-order valence-corrected chi connectivity index (χ2v) is 4.68. The molecule has 0 aromatic heterocycles. The molecule has 1 saturated carbocycles. The fourth-order valence-corrected chi connectivity index (χ4v) is 1.92. The number of ether oxygens (including phenoxy) is 1. The Labute approximate surface area is 95.4 Å². The van der Waals surface area contributed by atoms with Crippen LogP contribution in [0.3, 0.4) is 0 Å². The second kappa shape index (κ2) is 5.96. The average molecular weight is 238 g/mol. The van der Waals surface area contributed by atoms with Gasteiger partial charge in [0, 0.05) is 11.1 Å². The Kier molecular flexibility index (Phi) is 5.24. The van der Waals surface area contributed by atoms with Crippen molar-refractivity contribution in [2.75, 3.05) is 13.2 Å². The number of rotatable bonds is 4. The molecule has 1 fully saturated rings. The maximum absolute atomic E-state index is 6.17. The smallest absolute Gasteiger partial charge is 0.0832 e. The highest BCUT2D eigenvalue weighted by Crippen LogP contribution is 2.26. The van der Waals surface area contributed by atoms with Gasteiger partial charge in [0.2, 0.25) is 0 Å². The molecule has 0 aliphatic heterocycles. The van der Waals surface area contributed by atoms with E-state index in [9.17, 15) is 0 Å². The van der Waals surface area contributed by atoms with Crippen LogP contribution >= 0.6 is 23.2 Å². The minimum Gasteiger partial charge on any atom is -0.374 e. The molecule has 4 heteroatoms. The zero-order valence-electron chi connectivity index (χ0n) is 8.27. The molecule has 14 heavy (non-hydrogen) atoms. The summed E-state index contributed by atoms with van der Waals surface area (Å²) < 4.78 is 5.42. The summed E-state index contributed by atoms with van der Waals surface area (Å²) in [6.07, 6.45) is 5.81. The minimum absolute atomic E-state index is 0.137. The maximum Gasteiger partial charge on any atom is 0.0832 e. The summed E-state index contributed by atoms with van der Waals surface area (Å²) in [6, 6.07) is 0. The summed E-state index contributed by atoms with van der Waals surface area (Å²) in [4.78, 5) is 0. The normalized spacial score (nSPS) is 22.4. The second-order valence-electron chi connectivity index (χ2n) is 3.97. The van der Waals surface area contributed by atoms with Gasteiger partial charge in [-0.2, -0.15) is 0 Å². The highest BCUT2D eigenvalue weighted by Gasteiger charge is 2.27. The molecule has 1 rings (SSSR count). The Balaban J connectivity index is 2.22. The predicted octanol–water partition coefficient (Wildman–Crippen LogP) is 2.98. The predicted molar refractivity (Wildman–Crippen MR) is 60.6 cm³/mol. The van der Waals surface area contributed by atoms with Crippen molar-refractivity contribution in [1.82, 2.24) is 0 Å². The van der Waals surface area contributed by atoms with Crippen LogP contribution in [0.5, 0.6) is 0 Å². The van der Waals surface area contributed by atoms with E-state index in [0.29, 0.717) is 18.2 Å². The van der Waals surface area contributed by atoms with Crippen LogP contribution in [-0.4, -0.2) is 18.8 Å². The van der Waals surface area contributed by atoms with Crippen molar-refractivity contribution in [3.8, 4) is 0 Å². The van der Waals surface area contributed by atoms with Crippen LogP contribution in [0.25, 0.3) is 0 Å². The number of hydrogen-bond donors (Lipinski definition) is 1. The molecule has 0 aromatic rings. The zero-order valence-corrected chi connectivity index (χ0v) is 9.78. The Hall–Kier alpha value is 0.240. The van der Waals surface area contributed by atoms with Crippen molar-refractivity contribution >= 4 is 23.2 Å². The van der Waals surface area contributed by atoms with E-state index in [1.54, 1.807) is 0 Å². The summed E-state index contributed by atoms with van der Waals surface area (Å²) in [6.45, 7) is 0.942. The SMILES string of the molecule is NC1(COCC(Cl)=CCl)CCCCC1. The first-order valence-corrected chi connectivity index (χ1v) is 5.79. The fourth-order valence-electron chi connectivity index (χ4n) is 1.78. The molecule has 0 atom stereocenters. The third-order valence-corrected chi connectivity index (χ3v) is 3.19. The van der Waals surface area contributed by atoms with Crippen LogP contribution in [0.4, 0.5) is 0 Å². The van der Waals surface area contributed by atoms with Gasteiger partial charge in [-0.3, -0.25) is 0 Å². The molecular formula is C10H17Cl2NO. The molecule has 82 valence electrons.